The van der Waals surface area contributed by atoms with Crippen molar-refractivity contribution in [3.05, 3.63) is 34.9 Å². The number of nitrogens with zero attached hydrogens (tertiary/aromatic N) is 1. The van der Waals surface area contributed by atoms with Gasteiger partial charge in [0.05, 0.1) is 16.7 Å². The van der Waals surface area contributed by atoms with Gasteiger partial charge in [0, 0.05) is 5.92 Å². The first kappa shape index (κ1) is 15.0. The van der Waals surface area contributed by atoms with Crippen LogP contribution in [-0.4, -0.2) is 23.0 Å². The highest BCUT2D eigenvalue weighted by Gasteiger charge is 2.23. The minimum atomic E-state index is -1.18. The Morgan fingerprint density at radius 1 is 1.47 bits per heavy atom. The molecule has 0 fully saturated rings. The second-order valence-electron chi connectivity index (χ2n) is 4.11. The topological polar surface area (TPSA) is 90.2 Å². The average Bonchev–Trinajstić information content (AvgIpc) is 2.37. The van der Waals surface area contributed by atoms with E-state index >= 15 is 0 Å². The Kier molecular flexibility index (Phi) is 5.34. The minimum Gasteiger partial charge on any atom is -0.480 e. The maximum atomic E-state index is 11.9. The maximum Gasteiger partial charge on any atom is 0.326 e. The van der Waals surface area contributed by atoms with Gasteiger partial charge in [0.15, 0.2) is 0 Å². The van der Waals surface area contributed by atoms with Crippen LogP contribution in [0.4, 0.5) is 0 Å². The molecule has 0 spiro atoms. The van der Waals surface area contributed by atoms with E-state index in [1.807, 2.05) is 6.07 Å². The Balaban J connectivity index is 2.81. The molecular formula is C13H13ClN2O3. The van der Waals surface area contributed by atoms with E-state index in [0.29, 0.717) is 0 Å². The second kappa shape index (κ2) is 6.76. The van der Waals surface area contributed by atoms with Crippen molar-refractivity contribution in [2.45, 2.75) is 19.4 Å². The van der Waals surface area contributed by atoms with Crippen molar-refractivity contribution in [1.29, 1.82) is 5.26 Å². The number of carbonyl (C=O) groups excluding carboxylic acids is 1. The molecule has 2 atom stereocenters. The van der Waals surface area contributed by atoms with E-state index in [1.165, 1.54) is 6.07 Å². The molecule has 6 heteroatoms. The first-order valence-corrected chi connectivity index (χ1v) is 6.01. The van der Waals surface area contributed by atoms with Crippen LogP contribution in [0.3, 0.4) is 0 Å². The molecule has 100 valence electrons. The van der Waals surface area contributed by atoms with Gasteiger partial charge in [-0.3, -0.25) is 4.79 Å². The summed E-state index contributed by atoms with van der Waals surface area (Å²) in [6, 6.07) is 7.18. The molecule has 0 aliphatic rings. The van der Waals surface area contributed by atoms with Crippen LogP contribution in [0.5, 0.6) is 0 Å². The lowest BCUT2D eigenvalue weighted by atomic mass is 10.0. The van der Waals surface area contributed by atoms with Crippen LogP contribution in [0.2, 0.25) is 5.02 Å². The van der Waals surface area contributed by atoms with Crippen molar-refractivity contribution in [1.82, 2.24) is 5.32 Å². The Labute approximate surface area is 115 Å². The molecule has 0 heterocycles. The van der Waals surface area contributed by atoms with Gasteiger partial charge in [-0.15, -0.1) is 0 Å². The van der Waals surface area contributed by atoms with E-state index in [4.69, 9.17) is 22.0 Å². The van der Waals surface area contributed by atoms with E-state index in [0.717, 1.165) is 0 Å². The van der Waals surface area contributed by atoms with Gasteiger partial charge >= 0.3 is 5.97 Å². The molecule has 0 bridgehead atoms. The fraction of sp³-hybridized carbons (Fsp3) is 0.308. The van der Waals surface area contributed by atoms with Crippen LogP contribution in [0, 0.1) is 17.2 Å². The molecule has 0 saturated heterocycles. The first-order chi connectivity index (χ1) is 8.95. The van der Waals surface area contributed by atoms with Gasteiger partial charge in [0.25, 0.3) is 5.91 Å². The molecule has 1 aromatic carbocycles. The van der Waals surface area contributed by atoms with Crippen molar-refractivity contribution in [2.24, 2.45) is 5.92 Å². The second-order valence-corrected chi connectivity index (χ2v) is 4.52. The third-order valence-electron chi connectivity index (χ3n) is 2.53. The molecule has 1 rings (SSSR count). The van der Waals surface area contributed by atoms with Gasteiger partial charge < -0.3 is 10.4 Å². The Morgan fingerprint density at radius 3 is 2.63 bits per heavy atom. The Hall–Kier alpha value is -2.06. The van der Waals surface area contributed by atoms with Crippen molar-refractivity contribution in [2.75, 3.05) is 0 Å². The van der Waals surface area contributed by atoms with Gasteiger partial charge in [-0.2, -0.15) is 5.26 Å². The zero-order valence-electron chi connectivity index (χ0n) is 10.3. The largest absolute Gasteiger partial charge is 0.480 e. The number of amides is 1. The molecule has 1 amide bonds. The average molecular weight is 281 g/mol. The zero-order chi connectivity index (χ0) is 14.4. The third-order valence-corrected chi connectivity index (χ3v) is 2.86. The lowest BCUT2D eigenvalue weighted by Crippen LogP contribution is -2.41. The lowest BCUT2D eigenvalue weighted by molar-refractivity contribution is -0.139. The summed E-state index contributed by atoms with van der Waals surface area (Å²) in [6.07, 6.45) is 0.0437. The van der Waals surface area contributed by atoms with Crippen LogP contribution >= 0.6 is 11.6 Å². The summed E-state index contributed by atoms with van der Waals surface area (Å²) in [5.41, 5.74) is 0.208. The van der Waals surface area contributed by atoms with E-state index in [9.17, 15) is 9.59 Å². The van der Waals surface area contributed by atoms with Gasteiger partial charge in [0.1, 0.15) is 6.04 Å². The summed E-state index contributed by atoms with van der Waals surface area (Å²) in [6.45, 7) is 1.59. The molecule has 0 unspecified atom stereocenters. The molecule has 5 nitrogen and oxygen atoms in total. The van der Waals surface area contributed by atoms with Crippen LogP contribution < -0.4 is 5.32 Å². The summed E-state index contributed by atoms with van der Waals surface area (Å²) in [5.74, 6) is -2.21. The number of hydrogen-bond acceptors (Lipinski definition) is 3. The van der Waals surface area contributed by atoms with E-state index in [2.05, 4.69) is 5.32 Å². The number of carboxylic acids is 1. The number of rotatable bonds is 5. The summed E-state index contributed by atoms with van der Waals surface area (Å²) < 4.78 is 0. The van der Waals surface area contributed by atoms with Gasteiger partial charge in [-0.25, -0.2) is 4.79 Å². The molecule has 0 radical (unpaired) electrons. The predicted molar refractivity (Wildman–Crippen MR) is 69.7 cm³/mol. The molecule has 1 aromatic rings. The van der Waals surface area contributed by atoms with Crippen molar-refractivity contribution < 1.29 is 14.7 Å². The SMILES string of the molecule is C[C@@H](C#N)C[C@@H](NC(=O)c1ccccc1Cl)C(=O)O. The standard InChI is InChI=1S/C13H13ClN2O3/c1-8(7-15)6-11(13(18)19)16-12(17)9-4-2-3-5-10(9)14/h2-5,8,11H,6H2,1H3,(H,16,17)(H,18,19)/t8-,11-/m1/s1. The van der Waals surface area contributed by atoms with Crippen LogP contribution in [0.25, 0.3) is 0 Å². The molecule has 0 aromatic heterocycles. The number of nitrogens with one attached hydrogen (secondary N) is 1. The fourth-order valence-corrected chi connectivity index (χ4v) is 1.73. The minimum absolute atomic E-state index is 0.0437. The number of benzene rings is 1. The Bertz CT molecular complexity index is 525. The van der Waals surface area contributed by atoms with Gasteiger partial charge in [0.2, 0.25) is 0 Å². The molecule has 0 aliphatic heterocycles. The smallest absolute Gasteiger partial charge is 0.326 e. The monoisotopic (exact) mass is 280 g/mol. The highest BCUT2D eigenvalue weighted by molar-refractivity contribution is 6.33. The van der Waals surface area contributed by atoms with Gasteiger partial charge in [-0.05, 0) is 25.5 Å². The molecule has 0 aliphatic carbocycles. The maximum absolute atomic E-state index is 11.9. The first-order valence-electron chi connectivity index (χ1n) is 5.63. The molecule has 0 saturated carbocycles. The highest BCUT2D eigenvalue weighted by Crippen LogP contribution is 2.15. The van der Waals surface area contributed by atoms with E-state index < -0.39 is 23.8 Å². The zero-order valence-corrected chi connectivity index (χ0v) is 11.0. The number of hydrogen-bond donors (Lipinski definition) is 2. The number of carbonyl (C=O) groups is 2. The predicted octanol–water partition coefficient (Wildman–Crippen LogP) is 2.07. The quantitative estimate of drug-likeness (QED) is 0.864. The number of nitriles is 1. The number of aliphatic carboxylic acids is 1. The summed E-state index contributed by atoms with van der Waals surface area (Å²) >= 11 is 5.85. The number of carboxylic acid groups (broad SMARTS) is 1. The third kappa shape index (κ3) is 4.27. The molecular weight excluding hydrogens is 268 g/mol. The van der Waals surface area contributed by atoms with Crippen LogP contribution in [-0.2, 0) is 4.79 Å². The van der Waals surface area contributed by atoms with Crippen molar-refractivity contribution in [3.8, 4) is 6.07 Å². The fourth-order valence-electron chi connectivity index (χ4n) is 1.51. The number of halogens is 1. The van der Waals surface area contributed by atoms with Crippen molar-refractivity contribution in [3.63, 3.8) is 0 Å². The van der Waals surface area contributed by atoms with Crippen LogP contribution in [0.15, 0.2) is 24.3 Å². The van der Waals surface area contributed by atoms with E-state index in [1.54, 1.807) is 25.1 Å². The summed E-state index contributed by atoms with van der Waals surface area (Å²) in [4.78, 5) is 23.0. The van der Waals surface area contributed by atoms with Crippen LogP contribution in [0.1, 0.15) is 23.7 Å². The summed E-state index contributed by atoms with van der Waals surface area (Å²) in [5, 5.41) is 20.3. The Morgan fingerprint density at radius 2 is 2.11 bits per heavy atom. The molecule has 19 heavy (non-hydrogen) atoms. The molecule has 2 N–H and O–H groups in total. The normalized spacial score (nSPS) is 13.1. The van der Waals surface area contributed by atoms with Gasteiger partial charge in [-0.1, -0.05) is 23.7 Å². The van der Waals surface area contributed by atoms with E-state index in [-0.39, 0.29) is 17.0 Å². The van der Waals surface area contributed by atoms with Crippen molar-refractivity contribution >= 4 is 23.5 Å². The lowest BCUT2D eigenvalue weighted by Gasteiger charge is -2.15. The summed E-state index contributed by atoms with van der Waals surface area (Å²) in [7, 11) is 0. The highest BCUT2D eigenvalue weighted by atomic mass is 35.5.